The van der Waals surface area contributed by atoms with Gasteiger partial charge in [-0.2, -0.15) is 0 Å². The summed E-state index contributed by atoms with van der Waals surface area (Å²) >= 11 is 12.6. The van der Waals surface area contributed by atoms with Crippen LogP contribution in [0.4, 0.5) is 5.69 Å². The third kappa shape index (κ3) is 3.60. The van der Waals surface area contributed by atoms with E-state index in [9.17, 15) is 9.90 Å². The van der Waals surface area contributed by atoms with Crippen LogP contribution in [0, 0.1) is 0 Å². The number of fused-ring (bicyclic) bond motifs is 1. The molecule has 0 aliphatic carbocycles. The second-order valence-corrected chi connectivity index (χ2v) is 7.57. The second kappa shape index (κ2) is 7.60. The quantitative estimate of drug-likeness (QED) is 0.852. The number of benzene rings is 2. The van der Waals surface area contributed by atoms with Crippen molar-refractivity contribution in [1.29, 1.82) is 0 Å². The summed E-state index contributed by atoms with van der Waals surface area (Å²) in [5, 5.41) is 11.5. The van der Waals surface area contributed by atoms with Crippen LogP contribution in [0.5, 0.6) is 0 Å². The number of hydrogen-bond acceptors (Lipinski definition) is 4. The number of aliphatic hydroxyl groups excluding tert-OH is 1. The minimum Gasteiger partial charge on any atom is -0.364 e. The first kappa shape index (κ1) is 18.4. The second-order valence-electron chi connectivity index (χ2n) is 6.73. The van der Waals surface area contributed by atoms with E-state index in [2.05, 4.69) is 9.89 Å². The number of rotatable bonds is 3. The standard InChI is InChI=1S/C20H19Cl2N3O2/c21-13-7-8-17-15(11-13)18(14-5-1-2-6-16(14)22)23-19(26)20(27)25(17)12-24-9-3-4-10-24/h1-2,5-8,11,19,26H,3-4,9-10,12H2. The predicted octanol–water partition coefficient (Wildman–Crippen LogP) is 3.55. The molecule has 2 aliphatic rings. The molecule has 0 spiro atoms. The topological polar surface area (TPSA) is 56.1 Å². The summed E-state index contributed by atoms with van der Waals surface area (Å²) in [5.41, 5.74) is 2.46. The zero-order chi connectivity index (χ0) is 19.0. The van der Waals surface area contributed by atoms with Gasteiger partial charge < -0.3 is 5.11 Å². The molecule has 2 heterocycles. The maximum atomic E-state index is 12.9. The fourth-order valence-corrected chi connectivity index (χ4v) is 3.97. The summed E-state index contributed by atoms with van der Waals surface area (Å²) in [6.07, 6.45) is 0.726. The Kier molecular flexibility index (Phi) is 5.19. The van der Waals surface area contributed by atoms with Gasteiger partial charge in [-0.05, 0) is 50.2 Å². The molecule has 1 saturated heterocycles. The molecule has 5 nitrogen and oxygen atoms in total. The number of benzodiazepines with no additional fused rings is 1. The van der Waals surface area contributed by atoms with Gasteiger partial charge in [-0.25, -0.2) is 4.99 Å². The molecule has 4 rings (SSSR count). The van der Waals surface area contributed by atoms with E-state index in [1.165, 1.54) is 0 Å². The molecule has 0 saturated carbocycles. The van der Waals surface area contributed by atoms with E-state index < -0.39 is 12.1 Å². The molecule has 2 aromatic carbocycles. The molecule has 2 aliphatic heterocycles. The highest BCUT2D eigenvalue weighted by molar-refractivity contribution is 6.37. The molecule has 1 fully saturated rings. The number of aliphatic imine (C=N–C) groups is 1. The van der Waals surface area contributed by atoms with Crippen LogP contribution in [0.25, 0.3) is 0 Å². The lowest BCUT2D eigenvalue weighted by Gasteiger charge is -2.28. The Bertz CT molecular complexity index is 910. The van der Waals surface area contributed by atoms with Gasteiger partial charge in [0.2, 0.25) is 6.23 Å². The van der Waals surface area contributed by atoms with Crippen molar-refractivity contribution >= 4 is 40.5 Å². The molecule has 0 bridgehead atoms. The number of aliphatic hydroxyl groups is 1. The zero-order valence-electron chi connectivity index (χ0n) is 14.6. The van der Waals surface area contributed by atoms with Gasteiger partial charge in [0.25, 0.3) is 5.91 Å². The van der Waals surface area contributed by atoms with Crippen LogP contribution in [0.3, 0.4) is 0 Å². The SMILES string of the molecule is O=C1C(O)N=C(c2ccccc2Cl)c2cc(Cl)ccc2N1CN1CCCC1. The molecule has 2 aromatic rings. The monoisotopic (exact) mass is 403 g/mol. The highest BCUT2D eigenvalue weighted by Gasteiger charge is 2.33. The number of carbonyl (C=O) groups excluding carboxylic acids is 1. The van der Waals surface area contributed by atoms with Gasteiger partial charge in [0.1, 0.15) is 0 Å². The number of carbonyl (C=O) groups is 1. The summed E-state index contributed by atoms with van der Waals surface area (Å²) in [7, 11) is 0. The lowest BCUT2D eigenvalue weighted by Crippen LogP contribution is -2.44. The predicted molar refractivity (Wildman–Crippen MR) is 108 cm³/mol. The van der Waals surface area contributed by atoms with Gasteiger partial charge in [0, 0.05) is 21.2 Å². The third-order valence-electron chi connectivity index (χ3n) is 4.91. The summed E-state index contributed by atoms with van der Waals surface area (Å²) < 4.78 is 0. The molecular weight excluding hydrogens is 385 g/mol. The zero-order valence-corrected chi connectivity index (χ0v) is 16.1. The van der Waals surface area contributed by atoms with Gasteiger partial charge >= 0.3 is 0 Å². The molecule has 140 valence electrons. The van der Waals surface area contributed by atoms with Gasteiger partial charge in [0.05, 0.1) is 18.1 Å². The Morgan fingerprint density at radius 3 is 2.56 bits per heavy atom. The third-order valence-corrected chi connectivity index (χ3v) is 5.48. The van der Waals surface area contributed by atoms with Crippen molar-refractivity contribution < 1.29 is 9.90 Å². The molecule has 0 aromatic heterocycles. The number of anilines is 1. The van der Waals surface area contributed by atoms with Crippen molar-refractivity contribution in [2.24, 2.45) is 4.99 Å². The molecule has 1 unspecified atom stereocenters. The van der Waals surface area contributed by atoms with Crippen molar-refractivity contribution in [3.63, 3.8) is 0 Å². The molecule has 1 atom stereocenters. The van der Waals surface area contributed by atoms with E-state index in [1.807, 2.05) is 18.2 Å². The minimum atomic E-state index is -1.50. The van der Waals surface area contributed by atoms with Gasteiger partial charge in [-0.15, -0.1) is 0 Å². The summed E-state index contributed by atoms with van der Waals surface area (Å²) in [5.74, 6) is -0.451. The number of nitrogens with zero attached hydrogens (tertiary/aromatic N) is 3. The van der Waals surface area contributed by atoms with E-state index in [1.54, 1.807) is 29.2 Å². The van der Waals surface area contributed by atoms with E-state index in [-0.39, 0.29) is 0 Å². The molecular formula is C20H19Cl2N3O2. The van der Waals surface area contributed by atoms with E-state index >= 15 is 0 Å². The van der Waals surface area contributed by atoms with E-state index in [0.29, 0.717) is 39.2 Å². The number of amides is 1. The maximum absolute atomic E-state index is 12.9. The van der Waals surface area contributed by atoms with Crippen LogP contribution in [0.1, 0.15) is 24.0 Å². The first-order chi connectivity index (χ1) is 13.0. The van der Waals surface area contributed by atoms with Crippen LogP contribution >= 0.6 is 23.2 Å². The maximum Gasteiger partial charge on any atom is 0.279 e. The van der Waals surface area contributed by atoms with Gasteiger partial charge in [-0.1, -0.05) is 41.4 Å². The molecule has 1 amide bonds. The van der Waals surface area contributed by atoms with Crippen LogP contribution < -0.4 is 4.90 Å². The van der Waals surface area contributed by atoms with Crippen LogP contribution in [-0.4, -0.2) is 47.6 Å². The largest absolute Gasteiger partial charge is 0.364 e. The van der Waals surface area contributed by atoms with Crippen LogP contribution in [-0.2, 0) is 4.79 Å². The minimum absolute atomic E-state index is 0.413. The number of likely N-dealkylation sites (tertiary alicyclic amines) is 1. The van der Waals surface area contributed by atoms with Crippen molar-refractivity contribution in [2.75, 3.05) is 24.7 Å². The van der Waals surface area contributed by atoms with Crippen LogP contribution in [0.15, 0.2) is 47.5 Å². The summed E-state index contributed by atoms with van der Waals surface area (Å²) in [6.45, 7) is 2.28. The fourth-order valence-electron chi connectivity index (χ4n) is 3.58. The van der Waals surface area contributed by atoms with E-state index in [4.69, 9.17) is 23.2 Å². The molecule has 7 heteroatoms. The lowest BCUT2D eigenvalue weighted by atomic mass is 10.00. The van der Waals surface area contributed by atoms with Gasteiger partial charge in [-0.3, -0.25) is 14.6 Å². The molecule has 0 radical (unpaired) electrons. The van der Waals surface area contributed by atoms with Crippen molar-refractivity contribution in [3.8, 4) is 0 Å². The highest BCUT2D eigenvalue weighted by atomic mass is 35.5. The highest BCUT2D eigenvalue weighted by Crippen LogP contribution is 2.32. The Labute approximate surface area is 167 Å². The summed E-state index contributed by atoms with van der Waals surface area (Å²) in [6, 6.07) is 12.5. The average molecular weight is 404 g/mol. The Morgan fingerprint density at radius 2 is 1.81 bits per heavy atom. The Balaban J connectivity index is 1.86. The van der Waals surface area contributed by atoms with Crippen molar-refractivity contribution in [2.45, 2.75) is 19.1 Å². The van der Waals surface area contributed by atoms with Crippen molar-refractivity contribution in [3.05, 3.63) is 63.6 Å². The van der Waals surface area contributed by atoms with E-state index in [0.717, 1.165) is 25.9 Å². The van der Waals surface area contributed by atoms with Gasteiger partial charge in [0.15, 0.2) is 0 Å². The molecule has 1 N–H and O–H groups in total. The lowest BCUT2D eigenvalue weighted by molar-refractivity contribution is -0.126. The normalized spacial score (nSPS) is 20.4. The molecule has 27 heavy (non-hydrogen) atoms. The smallest absolute Gasteiger partial charge is 0.279 e. The first-order valence-electron chi connectivity index (χ1n) is 8.89. The van der Waals surface area contributed by atoms with Crippen molar-refractivity contribution in [1.82, 2.24) is 4.90 Å². The first-order valence-corrected chi connectivity index (χ1v) is 9.64. The Morgan fingerprint density at radius 1 is 1.07 bits per heavy atom. The van der Waals surface area contributed by atoms with Crippen LogP contribution in [0.2, 0.25) is 10.0 Å². The fraction of sp³-hybridized carbons (Fsp3) is 0.300. The number of halogens is 2. The Hall–Kier alpha value is -1.92. The average Bonchev–Trinajstić information content (AvgIpc) is 3.14. The number of hydrogen-bond donors (Lipinski definition) is 1. The summed E-state index contributed by atoms with van der Waals surface area (Å²) in [4.78, 5) is 21.0.